The van der Waals surface area contributed by atoms with Crippen LogP contribution in [-0.2, 0) is 0 Å². The molecule has 0 amide bonds. The topological polar surface area (TPSA) is 156 Å². The molecule has 0 aliphatic rings. The summed E-state index contributed by atoms with van der Waals surface area (Å²) in [7, 11) is 2.77. The fraction of sp³-hybridized carbons (Fsp3) is 0.133. The molecule has 2 aromatic heterocycles. The van der Waals surface area contributed by atoms with Gasteiger partial charge in [-0.05, 0) is 12.1 Å². The van der Waals surface area contributed by atoms with Crippen molar-refractivity contribution in [3.05, 3.63) is 39.5 Å². The highest BCUT2D eigenvalue weighted by Gasteiger charge is 2.30. The van der Waals surface area contributed by atoms with E-state index in [4.69, 9.17) is 20.9 Å². The highest BCUT2D eigenvalue weighted by atomic mass is 32.1. The summed E-state index contributed by atoms with van der Waals surface area (Å²) < 4.78 is 12.2. The maximum absolute atomic E-state index is 11.8. The number of nitrogens with zero attached hydrogens (tertiary/aromatic N) is 5. The first-order chi connectivity index (χ1) is 13.0. The fourth-order valence-electron chi connectivity index (χ4n) is 2.56. The maximum Gasteiger partial charge on any atom is 0.324 e. The lowest BCUT2D eigenvalue weighted by atomic mass is 10.1. The Bertz CT molecular complexity index is 1070. The molecule has 0 saturated heterocycles. The number of aromatic nitrogens is 2. The van der Waals surface area contributed by atoms with E-state index < -0.39 is 4.92 Å². The van der Waals surface area contributed by atoms with Crippen molar-refractivity contribution in [3.8, 4) is 22.8 Å². The number of methoxy groups -OCH3 is 2. The third kappa shape index (κ3) is 3.25. The van der Waals surface area contributed by atoms with Gasteiger partial charge in [0.15, 0.2) is 10.7 Å². The van der Waals surface area contributed by atoms with Gasteiger partial charge in [0, 0.05) is 11.6 Å². The largest absolute Gasteiger partial charge is 0.496 e. The van der Waals surface area contributed by atoms with Crippen molar-refractivity contribution in [1.82, 2.24) is 9.38 Å². The Morgan fingerprint density at radius 3 is 2.67 bits per heavy atom. The number of nitro benzene ring substituents is 1. The minimum absolute atomic E-state index is 0.0827. The number of imidazole rings is 1. The zero-order valence-corrected chi connectivity index (χ0v) is 15.1. The smallest absolute Gasteiger partial charge is 0.324 e. The minimum atomic E-state index is -0.541. The summed E-state index contributed by atoms with van der Waals surface area (Å²) in [5.74, 6) is 0.132. The van der Waals surface area contributed by atoms with Crippen molar-refractivity contribution in [2.45, 2.75) is 0 Å². The average molecular weight is 389 g/mol. The summed E-state index contributed by atoms with van der Waals surface area (Å²) in [6.45, 7) is 0. The number of fused-ring (bicyclic) bond motifs is 1. The third-order valence-corrected chi connectivity index (χ3v) is 4.37. The number of ether oxygens (including phenoxy) is 2. The van der Waals surface area contributed by atoms with Crippen LogP contribution >= 0.6 is 11.3 Å². The van der Waals surface area contributed by atoms with Gasteiger partial charge in [-0.25, -0.2) is 4.98 Å². The Kier molecular flexibility index (Phi) is 4.90. The first-order valence-electron chi connectivity index (χ1n) is 7.45. The first-order valence-corrected chi connectivity index (χ1v) is 8.33. The highest BCUT2D eigenvalue weighted by Crippen LogP contribution is 2.44. The van der Waals surface area contributed by atoms with E-state index in [2.05, 4.69) is 15.2 Å². The lowest BCUT2D eigenvalue weighted by Crippen LogP contribution is -2.21. The van der Waals surface area contributed by atoms with Crippen molar-refractivity contribution in [1.29, 1.82) is 0 Å². The van der Waals surface area contributed by atoms with Crippen LogP contribution in [0, 0.1) is 10.1 Å². The van der Waals surface area contributed by atoms with E-state index in [1.807, 2.05) is 5.38 Å². The van der Waals surface area contributed by atoms with Crippen molar-refractivity contribution in [2.75, 3.05) is 14.2 Å². The second kappa shape index (κ2) is 7.29. The Morgan fingerprint density at radius 2 is 2.04 bits per heavy atom. The quantitative estimate of drug-likeness (QED) is 0.280. The van der Waals surface area contributed by atoms with E-state index in [1.165, 1.54) is 37.8 Å². The normalized spacial score (nSPS) is 11.0. The summed E-state index contributed by atoms with van der Waals surface area (Å²) in [4.78, 5) is 16.3. The van der Waals surface area contributed by atoms with Gasteiger partial charge < -0.3 is 20.9 Å². The molecular formula is C15H15N7O4S. The van der Waals surface area contributed by atoms with E-state index in [0.29, 0.717) is 16.3 Å². The Balaban J connectivity index is 2.35. The number of rotatable bonds is 6. The van der Waals surface area contributed by atoms with Crippen molar-refractivity contribution in [3.63, 3.8) is 0 Å². The van der Waals surface area contributed by atoms with Crippen LogP contribution in [0.4, 0.5) is 5.69 Å². The predicted octanol–water partition coefficient (Wildman–Crippen LogP) is 1.60. The number of nitrogens with two attached hydrogens (primary N) is 2. The molecule has 0 radical (unpaired) electrons. The molecule has 3 aromatic rings. The van der Waals surface area contributed by atoms with Crippen LogP contribution in [0.3, 0.4) is 0 Å². The van der Waals surface area contributed by atoms with E-state index in [-0.39, 0.29) is 28.7 Å². The van der Waals surface area contributed by atoms with E-state index in [0.717, 1.165) is 0 Å². The van der Waals surface area contributed by atoms with Crippen LogP contribution in [-0.4, -0.2) is 40.7 Å². The van der Waals surface area contributed by atoms with Gasteiger partial charge in [-0.3, -0.25) is 14.5 Å². The van der Waals surface area contributed by atoms with Gasteiger partial charge in [-0.15, -0.1) is 16.4 Å². The molecule has 0 fully saturated rings. The molecular weight excluding hydrogens is 374 g/mol. The molecule has 27 heavy (non-hydrogen) atoms. The van der Waals surface area contributed by atoms with Gasteiger partial charge in [-0.1, -0.05) is 0 Å². The molecule has 0 unspecified atom stereocenters. The molecule has 2 heterocycles. The molecule has 0 aliphatic carbocycles. The summed E-state index contributed by atoms with van der Waals surface area (Å²) in [6, 6.07) is 3.04. The molecule has 4 N–H and O–H groups in total. The lowest BCUT2D eigenvalue weighted by Gasteiger charge is -2.11. The fourth-order valence-corrected chi connectivity index (χ4v) is 3.28. The van der Waals surface area contributed by atoms with Crippen molar-refractivity contribution >= 4 is 34.2 Å². The van der Waals surface area contributed by atoms with Crippen LogP contribution in [0.2, 0.25) is 0 Å². The van der Waals surface area contributed by atoms with E-state index >= 15 is 0 Å². The molecule has 3 rings (SSSR count). The number of benzene rings is 1. The molecule has 12 heteroatoms. The zero-order valence-electron chi connectivity index (χ0n) is 14.3. The van der Waals surface area contributed by atoms with Crippen molar-refractivity contribution in [2.24, 2.45) is 21.7 Å². The van der Waals surface area contributed by atoms with Gasteiger partial charge in [0.1, 0.15) is 17.0 Å². The van der Waals surface area contributed by atoms with Gasteiger partial charge >= 0.3 is 5.69 Å². The maximum atomic E-state index is 11.8. The van der Waals surface area contributed by atoms with Crippen LogP contribution in [0.15, 0.2) is 33.9 Å². The molecule has 11 nitrogen and oxygen atoms in total. The summed E-state index contributed by atoms with van der Waals surface area (Å²) in [5.41, 5.74) is 11.2. The van der Waals surface area contributed by atoms with Crippen LogP contribution in [0.1, 0.15) is 5.69 Å². The Labute approximate surface area is 156 Å². The molecule has 0 bridgehead atoms. The van der Waals surface area contributed by atoms with Gasteiger partial charge in [0.2, 0.25) is 5.96 Å². The van der Waals surface area contributed by atoms with Crippen LogP contribution in [0.25, 0.3) is 16.2 Å². The standard InChI is InChI=1S/C15H15N7O4S/c1-25-9-3-4-10(26-2)13(22(23)24)11(9)12-8(7-18-20-14(16)17)21-5-6-27-15(21)19-12/h3-7H,1-2H3,(H4,16,17,20). The minimum Gasteiger partial charge on any atom is -0.496 e. The van der Waals surface area contributed by atoms with E-state index in [1.54, 1.807) is 16.7 Å². The average Bonchev–Trinajstić information content (AvgIpc) is 3.22. The Morgan fingerprint density at radius 1 is 1.33 bits per heavy atom. The third-order valence-electron chi connectivity index (χ3n) is 3.61. The number of hydrogen-bond donors (Lipinski definition) is 2. The van der Waals surface area contributed by atoms with E-state index in [9.17, 15) is 10.1 Å². The molecule has 0 aliphatic heterocycles. The molecule has 0 atom stereocenters. The number of guanidine groups is 1. The highest BCUT2D eigenvalue weighted by molar-refractivity contribution is 7.15. The summed E-state index contributed by atoms with van der Waals surface area (Å²) in [5, 5.41) is 21.0. The summed E-state index contributed by atoms with van der Waals surface area (Å²) in [6.07, 6.45) is 3.12. The second-order valence-corrected chi connectivity index (χ2v) is 5.99. The van der Waals surface area contributed by atoms with Crippen LogP contribution in [0.5, 0.6) is 11.5 Å². The molecule has 0 spiro atoms. The lowest BCUT2D eigenvalue weighted by molar-refractivity contribution is -0.385. The van der Waals surface area contributed by atoms with Gasteiger partial charge in [0.05, 0.1) is 31.1 Å². The first kappa shape index (κ1) is 18.1. The van der Waals surface area contributed by atoms with Crippen molar-refractivity contribution < 1.29 is 14.4 Å². The van der Waals surface area contributed by atoms with Gasteiger partial charge in [-0.2, -0.15) is 5.10 Å². The molecule has 140 valence electrons. The molecule has 1 aromatic carbocycles. The SMILES string of the molecule is COc1ccc(OC)c([N+](=O)[O-])c1-c1nc2sccn2c1C=NN=C(N)N. The Hall–Kier alpha value is -3.67. The predicted molar refractivity (Wildman–Crippen MR) is 102 cm³/mol. The second-order valence-electron chi connectivity index (χ2n) is 5.12. The monoisotopic (exact) mass is 389 g/mol. The number of nitro groups is 1. The molecule has 0 saturated carbocycles. The number of thiazole rings is 1. The van der Waals surface area contributed by atoms with Gasteiger partial charge in [0.25, 0.3) is 0 Å². The van der Waals surface area contributed by atoms with Crippen LogP contribution < -0.4 is 20.9 Å². The number of hydrogen-bond acceptors (Lipinski definition) is 8. The zero-order chi connectivity index (χ0) is 19.6. The summed E-state index contributed by atoms with van der Waals surface area (Å²) >= 11 is 1.36.